The molecule has 0 saturated heterocycles. The number of ether oxygens (including phenoxy) is 1. The van der Waals surface area contributed by atoms with Gasteiger partial charge in [0.2, 0.25) is 0 Å². The van der Waals surface area contributed by atoms with Gasteiger partial charge in [-0.3, -0.25) is 0 Å². The van der Waals surface area contributed by atoms with E-state index in [1.165, 1.54) is 17.5 Å². The predicted octanol–water partition coefficient (Wildman–Crippen LogP) is 2.08. The summed E-state index contributed by atoms with van der Waals surface area (Å²) in [6.45, 7) is 6.09. The van der Waals surface area contributed by atoms with Crippen LogP contribution < -0.4 is 10.5 Å². The van der Waals surface area contributed by atoms with E-state index in [9.17, 15) is 0 Å². The minimum absolute atomic E-state index is 0.625. The molecule has 1 aliphatic rings. The molecule has 2 N–H and O–H groups in total. The molecule has 3 nitrogen and oxygen atoms in total. The van der Waals surface area contributed by atoms with Gasteiger partial charge in [0.15, 0.2) is 0 Å². The van der Waals surface area contributed by atoms with Crippen LogP contribution in [0.15, 0.2) is 18.2 Å². The third kappa shape index (κ3) is 4.22. The Morgan fingerprint density at radius 1 is 1.37 bits per heavy atom. The Labute approximate surface area is 116 Å². The third-order valence-corrected chi connectivity index (χ3v) is 3.94. The van der Waals surface area contributed by atoms with E-state index >= 15 is 0 Å². The van der Waals surface area contributed by atoms with Crippen molar-refractivity contribution in [2.45, 2.75) is 26.2 Å². The topological polar surface area (TPSA) is 38.5 Å². The second kappa shape index (κ2) is 6.92. The Morgan fingerprint density at radius 3 is 3.00 bits per heavy atom. The molecule has 1 aromatic carbocycles. The van der Waals surface area contributed by atoms with E-state index in [-0.39, 0.29) is 0 Å². The zero-order chi connectivity index (χ0) is 13.7. The van der Waals surface area contributed by atoms with Gasteiger partial charge in [0.25, 0.3) is 0 Å². The van der Waals surface area contributed by atoms with Gasteiger partial charge in [-0.25, -0.2) is 0 Å². The van der Waals surface area contributed by atoms with Crippen LogP contribution >= 0.6 is 0 Å². The maximum Gasteiger partial charge on any atom is 0.122 e. The smallest absolute Gasteiger partial charge is 0.122 e. The number of hydrogen-bond donors (Lipinski definition) is 1. The molecule has 2 rings (SSSR count). The second-order valence-corrected chi connectivity index (χ2v) is 5.72. The van der Waals surface area contributed by atoms with Crippen LogP contribution in [0.25, 0.3) is 0 Å². The first-order chi connectivity index (χ1) is 9.19. The first-order valence-corrected chi connectivity index (χ1v) is 7.32. The quantitative estimate of drug-likeness (QED) is 0.817. The maximum absolute atomic E-state index is 5.64. The highest BCUT2D eigenvalue weighted by molar-refractivity contribution is 5.39. The molecule has 3 heteroatoms. The summed E-state index contributed by atoms with van der Waals surface area (Å²) in [5, 5.41) is 0. The van der Waals surface area contributed by atoms with Crippen molar-refractivity contribution in [3.63, 3.8) is 0 Å². The van der Waals surface area contributed by atoms with E-state index in [0.717, 1.165) is 44.8 Å². The van der Waals surface area contributed by atoms with Crippen LogP contribution in [0.3, 0.4) is 0 Å². The Bertz CT molecular complexity index is 406. The number of hydrogen-bond acceptors (Lipinski definition) is 3. The van der Waals surface area contributed by atoms with Crippen LogP contribution in [0.1, 0.15) is 24.5 Å². The SMILES string of the molecule is CC(CN)CCN(C)CCc1ccc2c(c1)CCO2. The molecule has 0 aliphatic carbocycles. The summed E-state index contributed by atoms with van der Waals surface area (Å²) in [7, 11) is 2.19. The number of nitrogens with zero attached hydrogens (tertiary/aromatic N) is 1. The third-order valence-electron chi connectivity index (χ3n) is 3.94. The Kier molecular flexibility index (Phi) is 5.23. The van der Waals surface area contributed by atoms with Gasteiger partial charge in [-0.1, -0.05) is 19.1 Å². The highest BCUT2D eigenvalue weighted by Gasteiger charge is 2.12. The maximum atomic E-state index is 5.64. The predicted molar refractivity (Wildman–Crippen MR) is 79.7 cm³/mol. The lowest BCUT2D eigenvalue weighted by atomic mass is 10.1. The molecule has 1 aliphatic heterocycles. The fourth-order valence-corrected chi connectivity index (χ4v) is 2.39. The number of nitrogens with two attached hydrogens (primary N) is 1. The van der Waals surface area contributed by atoms with Crippen LogP contribution in [-0.4, -0.2) is 38.2 Å². The second-order valence-electron chi connectivity index (χ2n) is 5.72. The number of likely N-dealkylation sites (N-methyl/N-ethyl adjacent to an activating group) is 1. The van der Waals surface area contributed by atoms with Crippen LogP contribution in [0.5, 0.6) is 5.75 Å². The molecule has 0 bridgehead atoms. The lowest BCUT2D eigenvalue weighted by Crippen LogP contribution is -2.25. The summed E-state index contributed by atoms with van der Waals surface area (Å²) in [4.78, 5) is 2.40. The first-order valence-electron chi connectivity index (χ1n) is 7.32. The van der Waals surface area contributed by atoms with Gasteiger partial charge in [-0.2, -0.15) is 0 Å². The van der Waals surface area contributed by atoms with Crippen LogP contribution in [0.4, 0.5) is 0 Å². The zero-order valence-electron chi connectivity index (χ0n) is 12.2. The summed E-state index contributed by atoms with van der Waals surface area (Å²) in [6.07, 6.45) is 3.36. The minimum atomic E-state index is 0.625. The van der Waals surface area contributed by atoms with Crippen molar-refractivity contribution in [3.8, 4) is 5.75 Å². The van der Waals surface area contributed by atoms with Crippen molar-refractivity contribution >= 4 is 0 Å². The molecular weight excluding hydrogens is 236 g/mol. The Hall–Kier alpha value is -1.06. The summed E-state index contributed by atoms with van der Waals surface area (Å²) < 4.78 is 5.53. The van der Waals surface area contributed by atoms with E-state index < -0.39 is 0 Å². The lowest BCUT2D eigenvalue weighted by Gasteiger charge is -2.18. The van der Waals surface area contributed by atoms with Gasteiger partial charge in [-0.15, -0.1) is 0 Å². The van der Waals surface area contributed by atoms with Crippen LogP contribution in [-0.2, 0) is 12.8 Å². The van der Waals surface area contributed by atoms with Gasteiger partial charge in [-0.05, 0) is 56.1 Å². The molecule has 1 atom stereocenters. The Morgan fingerprint density at radius 2 is 2.21 bits per heavy atom. The Balaban J connectivity index is 1.75. The van der Waals surface area contributed by atoms with Gasteiger partial charge in [0.1, 0.15) is 5.75 Å². The largest absolute Gasteiger partial charge is 0.493 e. The molecule has 0 amide bonds. The van der Waals surface area contributed by atoms with Crippen molar-refractivity contribution < 1.29 is 4.74 Å². The van der Waals surface area contributed by atoms with Gasteiger partial charge in [0.05, 0.1) is 6.61 Å². The minimum Gasteiger partial charge on any atom is -0.493 e. The van der Waals surface area contributed by atoms with Crippen molar-refractivity contribution in [2.75, 3.05) is 33.3 Å². The number of fused-ring (bicyclic) bond motifs is 1. The number of benzene rings is 1. The molecular formula is C16H26N2O. The summed E-state index contributed by atoms with van der Waals surface area (Å²) >= 11 is 0. The molecule has 19 heavy (non-hydrogen) atoms. The molecule has 0 fully saturated rings. The molecule has 0 saturated carbocycles. The van der Waals surface area contributed by atoms with Crippen molar-refractivity contribution in [1.29, 1.82) is 0 Å². The summed E-state index contributed by atoms with van der Waals surface area (Å²) in [5.41, 5.74) is 8.44. The molecule has 1 heterocycles. The fraction of sp³-hybridized carbons (Fsp3) is 0.625. The van der Waals surface area contributed by atoms with E-state index in [4.69, 9.17) is 10.5 Å². The molecule has 0 aromatic heterocycles. The molecule has 0 radical (unpaired) electrons. The zero-order valence-corrected chi connectivity index (χ0v) is 12.2. The molecule has 1 unspecified atom stereocenters. The van der Waals surface area contributed by atoms with Crippen molar-refractivity contribution in [2.24, 2.45) is 11.7 Å². The standard InChI is InChI=1S/C16H26N2O/c1-13(12-17)5-8-18(2)9-6-14-3-4-16-15(11-14)7-10-19-16/h3-4,11,13H,5-10,12,17H2,1-2H3. The van der Waals surface area contributed by atoms with Gasteiger partial charge >= 0.3 is 0 Å². The van der Waals surface area contributed by atoms with Gasteiger partial charge < -0.3 is 15.4 Å². The summed E-state index contributed by atoms with van der Waals surface area (Å²) in [6, 6.07) is 6.62. The van der Waals surface area contributed by atoms with Crippen molar-refractivity contribution in [3.05, 3.63) is 29.3 Å². The van der Waals surface area contributed by atoms with E-state index in [0.29, 0.717) is 5.92 Å². The fourth-order valence-electron chi connectivity index (χ4n) is 2.39. The average Bonchev–Trinajstić information content (AvgIpc) is 2.89. The lowest BCUT2D eigenvalue weighted by molar-refractivity contribution is 0.310. The van der Waals surface area contributed by atoms with E-state index in [1.54, 1.807) is 0 Å². The average molecular weight is 262 g/mol. The normalized spacial score (nSPS) is 15.4. The highest BCUT2D eigenvalue weighted by Crippen LogP contribution is 2.25. The monoisotopic (exact) mass is 262 g/mol. The van der Waals surface area contributed by atoms with E-state index in [1.807, 2.05) is 0 Å². The molecule has 1 aromatic rings. The summed E-state index contributed by atoms with van der Waals surface area (Å²) in [5.74, 6) is 1.70. The highest BCUT2D eigenvalue weighted by atomic mass is 16.5. The van der Waals surface area contributed by atoms with Crippen LogP contribution in [0, 0.1) is 5.92 Å². The molecule has 106 valence electrons. The van der Waals surface area contributed by atoms with Crippen LogP contribution in [0.2, 0.25) is 0 Å². The molecule has 0 spiro atoms. The van der Waals surface area contributed by atoms with E-state index in [2.05, 4.69) is 37.1 Å². The van der Waals surface area contributed by atoms with Gasteiger partial charge in [0, 0.05) is 13.0 Å². The first kappa shape index (κ1) is 14.4. The number of rotatable bonds is 7. The van der Waals surface area contributed by atoms with Crippen molar-refractivity contribution in [1.82, 2.24) is 4.90 Å².